The fraction of sp³-hybridized carbons (Fsp3) is 0.235. The molecule has 0 radical (unpaired) electrons. The highest BCUT2D eigenvalue weighted by Gasteiger charge is 2.15. The number of nitro groups is 1. The van der Waals surface area contributed by atoms with Gasteiger partial charge in [0.25, 0.3) is 5.69 Å². The molecule has 118 valence electrons. The monoisotopic (exact) mass is 311 g/mol. The van der Waals surface area contributed by atoms with Crippen LogP contribution in [0.25, 0.3) is 10.9 Å². The molecule has 0 atom stereocenters. The van der Waals surface area contributed by atoms with Gasteiger partial charge < -0.3 is 4.74 Å². The van der Waals surface area contributed by atoms with Crippen molar-refractivity contribution in [3.05, 3.63) is 63.2 Å². The molecule has 2 aromatic carbocycles. The second kappa shape index (κ2) is 5.72. The van der Waals surface area contributed by atoms with Crippen LogP contribution in [-0.2, 0) is 13.7 Å². The van der Waals surface area contributed by atoms with Gasteiger partial charge >= 0.3 is 0 Å². The van der Waals surface area contributed by atoms with Gasteiger partial charge in [-0.2, -0.15) is 0 Å². The van der Waals surface area contributed by atoms with Gasteiger partial charge in [-0.1, -0.05) is 18.2 Å². The van der Waals surface area contributed by atoms with Crippen molar-refractivity contribution in [1.29, 1.82) is 0 Å². The maximum Gasteiger partial charge on any atom is 0.270 e. The second-order valence-corrected chi connectivity index (χ2v) is 5.59. The number of nitro benzene ring substituents is 1. The van der Waals surface area contributed by atoms with Crippen molar-refractivity contribution in [2.75, 3.05) is 0 Å². The van der Waals surface area contributed by atoms with Gasteiger partial charge in [0.1, 0.15) is 6.61 Å². The lowest BCUT2D eigenvalue weighted by Crippen LogP contribution is -1.98. The van der Waals surface area contributed by atoms with Crippen LogP contribution >= 0.6 is 0 Å². The molecule has 0 saturated carbocycles. The molecule has 0 saturated heterocycles. The van der Waals surface area contributed by atoms with Crippen molar-refractivity contribution in [3.8, 4) is 5.88 Å². The lowest BCUT2D eigenvalue weighted by Gasteiger charge is -2.06. The minimum absolute atomic E-state index is 0.0292. The molecule has 0 aliphatic heterocycles. The van der Waals surface area contributed by atoms with E-state index in [1.54, 1.807) is 17.8 Å². The van der Waals surface area contributed by atoms with E-state index >= 15 is 0 Å². The molecule has 0 unspecified atom stereocenters. The van der Waals surface area contributed by atoms with E-state index in [0.29, 0.717) is 17.9 Å². The SMILES string of the molecule is Cc1ccc(COc2nn(C)c3ccc([N+](=O)[O-])cc23)cc1C. The number of rotatable bonds is 4. The predicted octanol–water partition coefficient (Wildman–Crippen LogP) is 3.68. The Labute approximate surface area is 133 Å². The summed E-state index contributed by atoms with van der Waals surface area (Å²) in [6.45, 7) is 4.49. The Balaban J connectivity index is 1.91. The average molecular weight is 311 g/mol. The van der Waals surface area contributed by atoms with E-state index in [9.17, 15) is 10.1 Å². The summed E-state index contributed by atoms with van der Waals surface area (Å²) in [4.78, 5) is 10.5. The zero-order valence-electron chi connectivity index (χ0n) is 13.2. The van der Waals surface area contributed by atoms with Crippen LogP contribution in [0, 0.1) is 24.0 Å². The second-order valence-electron chi connectivity index (χ2n) is 5.59. The standard InChI is InChI=1S/C17H17N3O3/c1-11-4-5-13(8-12(11)2)10-23-17-15-9-14(20(21)22)6-7-16(15)19(3)18-17/h4-9H,10H2,1-3H3. The van der Waals surface area contributed by atoms with Crippen molar-refractivity contribution in [2.24, 2.45) is 7.05 Å². The summed E-state index contributed by atoms with van der Waals surface area (Å²) in [6.07, 6.45) is 0. The molecule has 0 N–H and O–H groups in total. The van der Waals surface area contributed by atoms with E-state index < -0.39 is 4.92 Å². The van der Waals surface area contributed by atoms with Gasteiger partial charge in [-0.25, -0.2) is 0 Å². The Morgan fingerprint density at radius 3 is 2.65 bits per heavy atom. The van der Waals surface area contributed by atoms with Gasteiger partial charge in [0, 0.05) is 19.2 Å². The Morgan fingerprint density at radius 2 is 1.96 bits per heavy atom. The molecule has 1 heterocycles. The normalized spacial score (nSPS) is 10.9. The number of nitrogens with zero attached hydrogens (tertiary/aromatic N) is 3. The lowest BCUT2D eigenvalue weighted by molar-refractivity contribution is -0.384. The third-order valence-corrected chi connectivity index (χ3v) is 3.96. The maximum absolute atomic E-state index is 10.9. The summed E-state index contributed by atoms with van der Waals surface area (Å²) in [5, 5.41) is 15.9. The fourth-order valence-electron chi connectivity index (χ4n) is 2.49. The van der Waals surface area contributed by atoms with Crippen LogP contribution < -0.4 is 4.74 Å². The zero-order chi connectivity index (χ0) is 16.6. The van der Waals surface area contributed by atoms with Crippen LogP contribution in [0.4, 0.5) is 5.69 Å². The molecular formula is C17H17N3O3. The van der Waals surface area contributed by atoms with Gasteiger partial charge in [0.05, 0.1) is 15.8 Å². The number of hydrogen-bond acceptors (Lipinski definition) is 4. The first-order chi connectivity index (χ1) is 11.0. The number of non-ortho nitro benzene ring substituents is 1. The van der Waals surface area contributed by atoms with Gasteiger partial charge in [-0.15, -0.1) is 5.10 Å². The topological polar surface area (TPSA) is 70.2 Å². The molecule has 3 aromatic rings. The zero-order valence-corrected chi connectivity index (χ0v) is 13.2. The third-order valence-electron chi connectivity index (χ3n) is 3.96. The lowest BCUT2D eigenvalue weighted by atomic mass is 10.1. The van der Waals surface area contributed by atoms with Crippen molar-refractivity contribution < 1.29 is 9.66 Å². The Hall–Kier alpha value is -2.89. The van der Waals surface area contributed by atoms with Crippen LogP contribution in [-0.4, -0.2) is 14.7 Å². The quantitative estimate of drug-likeness (QED) is 0.544. The van der Waals surface area contributed by atoms with Crippen molar-refractivity contribution in [3.63, 3.8) is 0 Å². The number of hydrogen-bond donors (Lipinski definition) is 0. The molecule has 23 heavy (non-hydrogen) atoms. The van der Waals surface area contributed by atoms with E-state index in [0.717, 1.165) is 11.1 Å². The number of benzene rings is 2. The number of ether oxygens (including phenoxy) is 1. The predicted molar refractivity (Wildman–Crippen MR) is 87.6 cm³/mol. The van der Waals surface area contributed by atoms with E-state index in [1.165, 1.54) is 23.3 Å². The Morgan fingerprint density at radius 1 is 1.17 bits per heavy atom. The third kappa shape index (κ3) is 2.88. The Kier molecular flexibility index (Phi) is 3.73. The van der Waals surface area contributed by atoms with E-state index in [4.69, 9.17) is 4.74 Å². The molecule has 6 nitrogen and oxygen atoms in total. The van der Waals surface area contributed by atoms with Crippen LogP contribution in [0.5, 0.6) is 5.88 Å². The number of aryl methyl sites for hydroxylation is 3. The highest BCUT2D eigenvalue weighted by Crippen LogP contribution is 2.28. The molecule has 6 heteroatoms. The van der Waals surface area contributed by atoms with Crippen molar-refractivity contribution in [2.45, 2.75) is 20.5 Å². The van der Waals surface area contributed by atoms with Gasteiger partial charge in [-0.05, 0) is 36.6 Å². The van der Waals surface area contributed by atoms with Gasteiger partial charge in [0.15, 0.2) is 0 Å². The van der Waals surface area contributed by atoms with Crippen LogP contribution in [0.1, 0.15) is 16.7 Å². The molecule has 0 aliphatic rings. The molecule has 0 amide bonds. The summed E-state index contributed by atoms with van der Waals surface area (Å²) in [5.41, 5.74) is 4.30. The highest BCUT2D eigenvalue weighted by atomic mass is 16.6. The first-order valence-electron chi connectivity index (χ1n) is 7.26. The minimum Gasteiger partial charge on any atom is -0.471 e. The maximum atomic E-state index is 10.9. The van der Waals surface area contributed by atoms with E-state index in [-0.39, 0.29) is 5.69 Å². The smallest absolute Gasteiger partial charge is 0.270 e. The summed E-state index contributed by atoms with van der Waals surface area (Å²) in [7, 11) is 1.79. The summed E-state index contributed by atoms with van der Waals surface area (Å²) in [5.74, 6) is 0.407. The molecule has 0 fully saturated rings. The number of aromatic nitrogens is 2. The van der Waals surface area contributed by atoms with E-state index in [2.05, 4.69) is 31.1 Å². The van der Waals surface area contributed by atoms with Crippen molar-refractivity contribution >= 4 is 16.6 Å². The summed E-state index contributed by atoms with van der Waals surface area (Å²) < 4.78 is 7.46. The molecule has 3 rings (SSSR count). The summed E-state index contributed by atoms with van der Waals surface area (Å²) >= 11 is 0. The summed E-state index contributed by atoms with van der Waals surface area (Å²) in [6, 6.07) is 10.8. The van der Waals surface area contributed by atoms with E-state index in [1.807, 2.05) is 6.07 Å². The van der Waals surface area contributed by atoms with Crippen LogP contribution in [0.2, 0.25) is 0 Å². The molecule has 1 aromatic heterocycles. The largest absolute Gasteiger partial charge is 0.471 e. The van der Waals surface area contributed by atoms with Gasteiger partial charge in [0.2, 0.25) is 5.88 Å². The highest BCUT2D eigenvalue weighted by molar-refractivity contribution is 5.86. The molecule has 0 spiro atoms. The Bertz CT molecular complexity index is 899. The first kappa shape index (κ1) is 15.0. The van der Waals surface area contributed by atoms with Crippen LogP contribution in [0.15, 0.2) is 36.4 Å². The van der Waals surface area contributed by atoms with Gasteiger partial charge in [-0.3, -0.25) is 14.8 Å². The first-order valence-corrected chi connectivity index (χ1v) is 7.26. The molecular weight excluding hydrogens is 294 g/mol. The average Bonchev–Trinajstić information content (AvgIpc) is 2.84. The van der Waals surface area contributed by atoms with Crippen LogP contribution in [0.3, 0.4) is 0 Å². The fourth-order valence-corrected chi connectivity index (χ4v) is 2.49. The molecule has 0 aliphatic carbocycles. The van der Waals surface area contributed by atoms with Crippen molar-refractivity contribution in [1.82, 2.24) is 9.78 Å². The number of fused-ring (bicyclic) bond motifs is 1. The molecule has 0 bridgehead atoms. The minimum atomic E-state index is -0.417.